The van der Waals surface area contributed by atoms with Crippen molar-refractivity contribution in [2.24, 2.45) is 5.10 Å². The molecule has 0 unspecified atom stereocenters. The lowest BCUT2D eigenvalue weighted by Crippen LogP contribution is -2.39. The fourth-order valence-electron chi connectivity index (χ4n) is 2.98. The highest BCUT2D eigenvalue weighted by Gasteiger charge is 2.27. The van der Waals surface area contributed by atoms with Crippen LogP contribution in [-0.2, 0) is 14.8 Å². The molecule has 9 heteroatoms. The van der Waals surface area contributed by atoms with Crippen LogP contribution < -0.4 is 14.5 Å². The summed E-state index contributed by atoms with van der Waals surface area (Å²) >= 11 is 3.34. The molecule has 1 amide bonds. The zero-order chi connectivity index (χ0) is 23.8. The van der Waals surface area contributed by atoms with E-state index in [4.69, 9.17) is 4.74 Å². The molecule has 0 aliphatic rings. The number of nitrogens with one attached hydrogen (secondary N) is 1. The van der Waals surface area contributed by atoms with E-state index in [0.29, 0.717) is 18.0 Å². The lowest BCUT2D eigenvalue weighted by molar-refractivity contribution is -0.119. The van der Waals surface area contributed by atoms with Crippen molar-refractivity contribution in [2.45, 2.75) is 18.7 Å². The molecule has 7 nitrogen and oxygen atoms in total. The third-order valence-corrected chi connectivity index (χ3v) is 6.98. The van der Waals surface area contributed by atoms with E-state index < -0.39 is 22.5 Å². The summed E-state index contributed by atoms with van der Waals surface area (Å²) in [5.74, 6) is 0.178. The fraction of sp³-hybridized carbons (Fsp3) is 0.167. The maximum Gasteiger partial charge on any atom is 0.264 e. The Hall–Kier alpha value is -3.17. The van der Waals surface area contributed by atoms with Crippen LogP contribution in [0.3, 0.4) is 0 Å². The summed E-state index contributed by atoms with van der Waals surface area (Å²) in [4.78, 5) is 12.8. The molecule has 0 spiro atoms. The first-order chi connectivity index (χ1) is 15.8. The van der Waals surface area contributed by atoms with Gasteiger partial charge in [-0.1, -0.05) is 34.1 Å². The highest BCUT2D eigenvalue weighted by Crippen LogP contribution is 2.25. The number of ether oxygens (including phenoxy) is 1. The number of nitrogens with zero attached hydrogens (tertiary/aromatic N) is 2. The van der Waals surface area contributed by atoms with Gasteiger partial charge < -0.3 is 4.74 Å². The van der Waals surface area contributed by atoms with Crippen LogP contribution in [-0.4, -0.2) is 33.2 Å². The predicted octanol–water partition coefficient (Wildman–Crippen LogP) is 4.58. The van der Waals surface area contributed by atoms with E-state index in [1.54, 1.807) is 49.4 Å². The van der Waals surface area contributed by atoms with Crippen molar-refractivity contribution in [3.63, 3.8) is 0 Å². The molecule has 3 aromatic rings. The Morgan fingerprint density at radius 2 is 1.64 bits per heavy atom. The van der Waals surface area contributed by atoms with E-state index in [-0.39, 0.29) is 4.90 Å². The first-order valence-electron chi connectivity index (χ1n) is 10.2. The molecule has 0 fully saturated rings. The van der Waals surface area contributed by atoms with Crippen LogP contribution in [0.4, 0.5) is 5.69 Å². The normalized spacial score (nSPS) is 11.7. The van der Waals surface area contributed by atoms with Gasteiger partial charge >= 0.3 is 0 Å². The predicted molar refractivity (Wildman–Crippen MR) is 133 cm³/mol. The van der Waals surface area contributed by atoms with Gasteiger partial charge in [0, 0.05) is 4.47 Å². The Morgan fingerprint density at radius 3 is 2.24 bits per heavy atom. The largest absolute Gasteiger partial charge is 0.494 e. The molecule has 3 aromatic carbocycles. The fourth-order valence-corrected chi connectivity index (χ4v) is 4.68. The van der Waals surface area contributed by atoms with Crippen LogP contribution in [0.5, 0.6) is 5.75 Å². The van der Waals surface area contributed by atoms with Crippen LogP contribution in [0.15, 0.2) is 93.3 Å². The van der Waals surface area contributed by atoms with Gasteiger partial charge in [0.2, 0.25) is 0 Å². The molecule has 0 saturated heterocycles. The second-order valence-electron chi connectivity index (χ2n) is 6.99. The Bertz CT molecular complexity index is 1210. The number of hydrazone groups is 1. The molecular weight excluding hydrogens is 506 g/mol. The summed E-state index contributed by atoms with van der Waals surface area (Å²) in [5.41, 5.74) is 4.21. The third-order valence-electron chi connectivity index (χ3n) is 4.66. The monoisotopic (exact) mass is 529 g/mol. The second-order valence-corrected chi connectivity index (χ2v) is 9.77. The van der Waals surface area contributed by atoms with Crippen LogP contribution in [0, 0.1) is 0 Å². The molecule has 0 aliphatic heterocycles. The van der Waals surface area contributed by atoms with Gasteiger partial charge in [-0.25, -0.2) is 13.8 Å². The number of halogens is 1. The van der Waals surface area contributed by atoms with E-state index in [9.17, 15) is 13.2 Å². The molecule has 0 radical (unpaired) electrons. The molecule has 0 bridgehead atoms. The van der Waals surface area contributed by atoms with Crippen LogP contribution in [0.2, 0.25) is 0 Å². The molecular formula is C24H24BrN3O4S. The second kappa shape index (κ2) is 11.1. The highest BCUT2D eigenvalue weighted by molar-refractivity contribution is 9.10. The highest BCUT2D eigenvalue weighted by atomic mass is 79.9. The molecule has 3 rings (SSSR count). The number of sulfonamides is 1. The van der Waals surface area contributed by atoms with Crippen LogP contribution >= 0.6 is 15.9 Å². The van der Waals surface area contributed by atoms with Crippen LogP contribution in [0.1, 0.15) is 19.4 Å². The molecule has 0 aromatic heterocycles. The van der Waals surface area contributed by atoms with Crippen molar-refractivity contribution in [1.29, 1.82) is 0 Å². The topological polar surface area (TPSA) is 88.1 Å². The van der Waals surface area contributed by atoms with Gasteiger partial charge in [-0.15, -0.1) is 0 Å². The number of amides is 1. The smallest absolute Gasteiger partial charge is 0.264 e. The number of hydrogen-bond donors (Lipinski definition) is 1. The van der Waals surface area contributed by atoms with Crippen molar-refractivity contribution in [3.8, 4) is 5.75 Å². The molecule has 0 aliphatic carbocycles. The zero-order valence-corrected chi connectivity index (χ0v) is 20.6. The number of carbonyl (C=O) groups is 1. The lowest BCUT2D eigenvalue weighted by Gasteiger charge is -2.23. The Morgan fingerprint density at radius 1 is 1.00 bits per heavy atom. The number of hydrogen-bond acceptors (Lipinski definition) is 5. The standard InChI is InChI=1S/C24H24BrN3O4S/c1-3-32-22-15-9-19(10-16-22)18(2)26-27-24(29)17-28(21-13-11-20(25)12-14-21)33(30,31)23-7-5-4-6-8-23/h4-16H,3,17H2,1-2H3,(H,27,29)/b26-18-. The maximum absolute atomic E-state index is 13.3. The zero-order valence-electron chi connectivity index (χ0n) is 18.2. The first kappa shape index (κ1) is 24.5. The minimum absolute atomic E-state index is 0.0924. The summed E-state index contributed by atoms with van der Waals surface area (Å²) in [7, 11) is -3.97. The van der Waals surface area contributed by atoms with Gasteiger partial charge in [-0.3, -0.25) is 9.10 Å². The van der Waals surface area contributed by atoms with E-state index >= 15 is 0 Å². The van der Waals surface area contributed by atoms with Crippen molar-refractivity contribution in [2.75, 3.05) is 17.5 Å². The van der Waals surface area contributed by atoms with Gasteiger partial charge in [-0.2, -0.15) is 5.10 Å². The Balaban J connectivity index is 1.80. The Labute approximate surface area is 202 Å². The lowest BCUT2D eigenvalue weighted by atomic mass is 10.1. The third kappa shape index (κ3) is 6.43. The number of benzene rings is 3. The van der Waals surface area contributed by atoms with Crippen molar-refractivity contribution in [1.82, 2.24) is 5.43 Å². The summed E-state index contributed by atoms with van der Waals surface area (Å²) < 4.78 is 33.9. The average Bonchev–Trinajstić information content (AvgIpc) is 2.83. The van der Waals surface area contributed by atoms with Gasteiger partial charge in [0.1, 0.15) is 12.3 Å². The van der Waals surface area contributed by atoms with E-state index in [1.165, 1.54) is 12.1 Å². The SMILES string of the molecule is CCOc1ccc(/C(C)=N\NC(=O)CN(c2ccc(Br)cc2)S(=O)(=O)c2ccccc2)cc1. The van der Waals surface area contributed by atoms with E-state index in [0.717, 1.165) is 20.1 Å². The molecule has 172 valence electrons. The average molecular weight is 530 g/mol. The summed E-state index contributed by atoms with van der Waals surface area (Å²) in [6.07, 6.45) is 0. The van der Waals surface area contributed by atoms with Crippen molar-refractivity contribution < 1.29 is 17.9 Å². The molecule has 0 heterocycles. The quantitative estimate of drug-likeness (QED) is 0.324. The van der Waals surface area contributed by atoms with Gasteiger partial charge in [0.25, 0.3) is 15.9 Å². The first-order valence-corrected chi connectivity index (χ1v) is 12.4. The van der Waals surface area contributed by atoms with Gasteiger partial charge in [0.05, 0.1) is 22.9 Å². The number of anilines is 1. The van der Waals surface area contributed by atoms with Crippen molar-refractivity contribution >= 4 is 43.3 Å². The van der Waals surface area contributed by atoms with E-state index in [1.807, 2.05) is 31.2 Å². The minimum Gasteiger partial charge on any atom is -0.494 e. The molecule has 1 N–H and O–H groups in total. The number of rotatable bonds is 9. The van der Waals surface area contributed by atoms with Crippen LogP contribution in [0.25, 0.3) is 0 Å². The van der Waals surface area contributed by atoms with E-state index in [2.05, 4.69) is 26.5 Å². The molecule has 0 saturated carbocycles. The van der Waals surface area contributed by atoms with Crippen molar-refractivity contribution in [3.05, 3.63) is 88.9 Å². The van der Waals surface area contributed by atoms with Gasteiger partial charge in [0.15, 0.2) is 0 Å². The minimum atomic E-state index is -3.97. The number of carbonyl (C=O) groups excluding carboxylic acids is 1. The molecule has 0 atom stereocenters. The molecule has 33 heavy (non-hydrogen) atoms. The maximum atomic E-state index is 13.3. The summed E-state index contributed by atoms with van der Waals surface area (Å²) in [6, 6.07) is 22.0. The summed E-state index contributed by atoms with van der Waals surface area (Å²) in [6.45, 7) is 3.80. The van der Waals surface area contributed by atoms with Gasteiger partial charge in [-0.05, 0) is 80.1 Å². The Kier molecular flexibility index (Phi) is 8.24. The summed E-state index contributed by atoms with van der Waals surface area (Å²) in [5, 5.41) is 4.13.